The second kappa shape index (κ2) is 23.2. The number of rotatable bonds is 23. The van der Waals surface area contributed by atoms with Crippen LogP contribution in [0.1, 0.15) is 84.5 Å². The Balaban J connectivity index is 1.75. The number of imidazole rings is 1. The number of carbonyl (C=O) groups excluding carboxylic acids is 5. The van der Waals surface area contributed by atoms with E-state index in [9.17, 15) is 29.1 Å². The molecule has 0 spiro atoms. The second-order valence-electron chi connectivity index (χ2n) is 15.8. The van der Waals surface area contributed by atoms with Crippen molar-refractivity contribution in [1.29, 1.82) is 0 Å². The number of H-pyrrole nitrogens is 1. The summed E-state index contributed by atoms with van der Waals surface area (Å²) in [5, 5.41) is 24.7. The fourth-order valence-electron chi connectivity index (χ4n) is 6.23. The van der Waals surface area contributed by atoms with Crippen LogP contribution in [-0.4, -0.2) is 93.6 Å². The van der Waals surface area contributed by atoms with E-state index in [1.165, 1.54) is 12.5 Å². The fraction of sp³-hybridized carbons (Fsp3) is 0.535. The van der Waals surface area contributed by atoms with Crippen LogP contribution in [0.25, 0.3) is 0 Å². The van der Waals surface area contributed by atoms with E-state index in [4.69, 9.17) is 4.74 Å². The van der Waals surface area contributed by atoms with Gasteiger partial charge in [-0.2, -0.15) is 0 Å². The molecule has 1 heterocycles. The van der Waals surface area contributed by atoms with Crippen molar-refractivity contribution in [2.75, 3.05) is 13.2 Å². The fourth-order valence-corrected chi connectivity index (χ4v) is 6.23. The molecule has 4 amide bonds. The number of hydrogen-bond acceptors (Lipinski definition) is 9. The lowest BCUT2D eigenvalue weighted by Crippen LogP contribution is -2.58. The molecule has 0 saturated heterocycles. The minimum absolute atomic E-state index is 0.00661. The van der Waals surface area contributed by atoms with E-state index in [0.29, 0.717) is 25.1 Å². The molecule has 0 aliphatic rings. The van der Waals surface area contributed by atoms with Crippen molar-refractivity contribution in [2.24, 2.45) is 11.8 Å². The molecule has 0 aliphatic carbocycles. The third-order valence-electron chi connectivity index (χ3n) is 9.94. The Hall–Kier alpha value is -5.08. The molecule has 0 bridgehead atoms. The third-order valence-corrected chi connectivity index (χ3v) is 9.94. The summed E-state index contributed by atoms with van der Waals surface area (Å²) in [5.41, 5.74) is 1.59. The molecule has 0 fully saturated rings. The Morgan fingerprint density at radius 2 is 1.35 bits per heavy atom. The van der Waals surface area contributed by atoms with Crippen molar-refractivity contribution in [3.63, 3.8) is 0 Å². The molecule has 0 saturated carbocycles. The molecule has 3 rings (SSSR count). The summed E-state index contributed by atoms with van der Waals surface area (Å²) in [5.74, 6) is -2.48. The summed E-state index contributed by atoms with van der Waals surface area (Å²) in [4.78, 5) is 75.1. The molecule has 3 aromatic rings. The van der Waals surface area contributed by atoms with E-state index >= 15 is 0 Å². The summed E-state index contributed by atoms with van der Waals surface area (Å²) in [7, 11) is 0. The maximum Gasteiger partial charge on any atom is 0.408 e. The first-order valence-electron chi connectivity index (χ1n) is 19.9. The van der Waals surface area contributed by atoms with Crippen LogP contribution in [0.2, 0.25) is 0 Å². The summed E-state index contributed by atoms with van der Waals surface area (Å²) in [6.45, 7) is 13.2. The Morgan fingerprint density at radius 3 is 1.89 bits per heavy atom. The molecule has 7 N–H and O–H groups in total. The molecule has 1 aromatic heterocycles. The van der Waals surface area contributed by atoms with Gasteiger partial charge in [0.05, 0.1) is 25.4 Å². The SMILES string of the molecule is CCC(C)C(CNC(CO)Cc1ccccc1)NC(=O)CC(=O)[C@@H](NC(=O)[C@H](Cc1cnc[nH]1)NC(=O)[C@H](Cc1ccccc1)NC(=O)OC(C)(C)C)C(C)CC. The van der Waals surface area contributed by atoms with E-state index in [1.807, 2.05) is 88.4 Å². The molecule has 4 unspecified atom stereocenters. The van der Waals surface area contributed by atoms with Crippen LogP contribution < -0.4 is 26.6 Å². The average molecular weight is 790 g/mol. The van der Waals surface area contributed by atoms with E-state index in [1.54, 1.807) is 20.8 Å². The number of amides is 4. The maximum atomic E-state index is 14.1. The second-order valence-corrected chi connectivity index (χ2v) is 15.8. The minimum atomic E-state index is -1.18. The highest BCUT2D eigenvalue weighted by atomic mass is 16.6. The van der Waals surface area contributed by atoms with Crippen molar-refractivity contribution in [1.82, 2.24) is 36.6 Å². The van der Waals surface area contributed by atoms with E-state index < -0.39 is 59.7 Å². The molecule has 0 aliphatic heterocycles. The van der Waals surface area contributed by atoms with Gasteiger partial charge in [0.2, 0.25) is 17.7 Å². The van der Waals surface area contributed by atoms with Crippen molar-refractivity contribution in [3.05, 3.63) is 90.0 Å². The smallest absolute Gasteiger partial charge is 0.408 e. The third kappa shape index (κ3) is 16.5. The lowest BCUT2D eigenvalue weighted by molar-refractivity contribution is -0.134. The normalized spacial score (nSPS) is 15.2. The number of alkyl carbamates (subject to hydrolysis) is 1. The van der Waals surface area contributed by atoms with Crippen LogP contribution in [0.4, 0.5) is 4.79 Å². The zero-order valence-corrected chi connectivity index (χ0v) is 34.5. The van der Waals surface area contributed by atoms with Crippen LogP contribution in [-0.2, 0) is 43.2 Å². The first-order valence-corrected chi connectivity index (χ1v) is 19.9. The largest absolute Gasteiger partial charge is 0.444 e. The predicted molar refractivity (Wildman–Crippen MR) is 219 cm³/mol. The molecule has 312 valence electrons. The lowest BCUT2D eigenvalue weighted by Gasteiger charge is -2.29. The zero-order valence-electron chi connectivity index (χ0n) is 34.5. The monoisotopic (exact) mass is 789 g/mol. The number of ether oxygens (including phenoxy) is 1. The first kappa shape index (κ1) is 46.3. The number of carbonyl (C=O) groups is 5. The summed E-state index contributed by atoms with van der Waals surface area (Å²) >= 11 is 0. The first-order chi connectivity index (χ1) is 27.1. The molecule has 0 radical (unpaired) electrons. The molecule has 7 atom stereocenters. The van der Waals surface area contributed by atoms with E-state index in [2.05, 4.69) is 36.6 Å². The summed E-state index contributed by atoms with van der Waals surface area (Å²) < 4.78 is 5.43. The van der Waals surface area contributed by atoms with Gasteiger partial charge in [0.15, 0.2) is 5.78 Å². The number of hydrogen-bond donors (Lipinski definition) is 7. The Morgan fingerprint density at radius 1 is 0.772 bits per heavy atom. The van der Waals surface area contributed by atoms with Crippen LogP contribution in [0.3, 0.4) is 0 Å². The van der Waals surface area contributed by atoms with E-state index in [-0.39, 0.29) is 43.4 Å². The highest BCUT2D eigenvalue weighted by molar-refractivity contribution is 6.02. The van der Waals surface area contributed by atoms with Crippen LogP contribution >= 0.6 is 0 Å². The van der Waals surface area contributed by atoms with Crippen molar-refractivity contribution >= 4 is 29.6 Å². The minimum Gasteiger partial charge on any atom is -0.444 e. The van der Waals surface area contributed by atoms with Crippen molar-refractivity contribution in [3.8, 4) is 0 Å². The van der Waals surface area contributed by atoms with Gasteiger partial charge in [-0.1, -0.05) is 101 Å². The lowest BCUT2D eigenvalue weighted by atomic mass is 9.92. The Kier molecular flexibility index (Phi) is 18.9. The standard InChI is InChI=1S/C43H63N7O7/c1-8-28(3)36(25-45-33(26-51)20-30-16-12-10-13-17-30)47-38(53)23-37(52)39(29(4)9-2)50-41(55)35(22-32-24-44-27-46-32)48-40(54)34(21-31-18-14-11-15-19-31)49-42(56)57-43(5,6)7/h10-19,24,27-29,33-36,39,45,51H,8-9,20-23,25-26H2,1-7H3,(H,44,46)(H,47,53)(H,48,54)(H,49,56)(H,50,55)/t28?,29?,33?,34-,35-,36?,39-/m0/s1. The average Bonchev–Trinajstić information content (AvgIpc) is 3.70. The van der Waals surface area contributed by atoms with Crippen LogP contribution in [0, 0.1) is 11.8 Å². The van der Waals surface area contributed by atoms with E-state index in [0.717, 1.165) is 17.5 Å². The van der Waals surface area contributed by atoms with Gasteiger partial charge in [-0.15, -0.1) is 0 Å². The van der Waals surface area contributed by atoms with Gasteiger partial charge in [0, 0.05) is 43.4 Å². The van der Waals surface area contributed by atoms with Gasteiger partial charge < -0.3 is 41.4 Å². The number of nitrogens with one attached hydrogen (secondary N) is 6. The van der Waals surface area contributed by atoms with Gasteiger partial charge in [-0.25, -0.2) is 9.78 Å². The summed E-state index contributed by atoms with van der Waals surface area (Å²) in [6.07, 6.45) is 3.77. The number of aliphatic hydroxyl groups excluding tert-OH is 1. The number of aliphatic hydroxyl groups is 1. The topological polar surface area (TPSA) is 204 Å². The highest BCUT2D eigenvalue weighted by Crippen LogP contribution is 2.15. The van der Waals surface area contributed by atoms with Crippen LogP contribution in [0.15, 0.2) is 73.2 Å². The number of aromatic nitrogens is 2. The maximum absolute atomic E-state index is 14.1. The Bertz CT molecular complexity index is 1680. The number of Topliss-reactive ketones (excluding diaryl/α,β-unsaturated/α-hetero) is 1. The number of ketones is 1. The molecule has 57 heavy (non-hydrogen) atoms. The summed E-state index contributed by atoms with van der Waals surface area (Å²) in [6, 6.07) is 15.1. The molecule has 14 heteroatoms. The highest BCUT2D eigenvalue weighted by Gasteiger charge is 2.34. The van der Waals surface area contributed by atoms with Gasteiger partial charge in [0.1, 0.15) is 17.7 Å². The van der Waals surface area contributed by atoms with Crippen molar-refractivity contribution < 1.29 is 33.8 Å². The zero-order chi connectivity index (χ0) is 42.0. The number of benzene rings is 2. The quantitative estimate of drug-likeness (QED) is 0.0698. The van der Waals surface area contributed by atoms with Crippen LogP contribution in [0.5, 0.6) is 0 Å². The predicted octanol–water partition coefficient (Wildman–Crippen LogP) is 3.79. The van der Waals surface area contributed by atoms with Gasteiger partial charge in [0.25, 0.3) is 0 Å². The Labute approximate surface area is 337 Å². The van der Waals surface area contributed by atoms with Crippen molar-refractivity contribution in [2.45, 2.75) is 123 Å². The van der Waals surface area contributed by atoms with Gasteiger partial charge >= 0.3 is 6.09 Å². The molecular formula is C43H63N7O7. The number of nitrogens with zero attached hydrogens (tertiary/aromatic N) is 1. The molecule has 14 nitrogen and oxygen atoms in total. The van der Waals surface area contributed by atoms with Gasteiger partial charge in [-0.3, -0.25) is 19.2 Å². The van der Waals surface area contributed by atoms with Gasteiger partial charge in [-0.05, 0) is 50.2 Å². The molecule has 2 aromatic carbocycles. The number of aromatic amines is 1. The molecular weight excluding hydrogens is 727 g/mol.